The van der Waals surface area contributed by atoms with E-state index in [0.29, 0.717) is 18.7 Å². The molecule has 1 saturated carbocycles. The first-order valence-electron chi connectivity index (χ1n) is 8.53. The van der Waals surface area contributed by atoms with Gasteiger partial charge in [0.25, 0.3) is 0 Å². The zero-order valence-electron chi connectivity index (χ0n) is 14.1. The van der Waals surface area contributed by atoms with Crippen LogP contribution in [0.3, 0.4) is 0 Å². The average Bonchev–Trinajstić information content (AvgIpc) is 3.48. The van der Waals surface area contributed by atoms with Crippen LogP contribution < -0.4 is 10.6 Å². The number of carbonyl (C=O) groups is 2. The highest BCUT2D eigenvalue weighted by atomic mass is 16.2. The van der Waals surface area contributed by atoms with Gasteiger partial charge in [-0.15, -0.1) is 0 Å². The lowest BCUT2D eigenvalue weighted by atomic mass is 10.2. The molecule has 2 unspecified atom stereocenters. The number of aromatic nitrogens is 2. The third-order valence-electron chi connectivity index (χ3n) is 4.57. The molecular formula is C20H18N4O2. The smallest absolute Gasteiger partial charge is 0.228 e. The van der Waals surface area contributed by atoms with Gasteiger partial charge in [0.2, 0.25) is 11.8 Å². The van der Waals surface area contributed by atoms with E-state index in [1.165, 1.54) is 0 Å². The zero-order chi connectivity index (χ0) is 17.9. The molecule has 0 radical (unpaired) electrons. The predicted molar refractivity (Wildman–Crippen MR) is 98.1 cm³/mol. The van der Waals surface area contributed by atoms with E-state index in [1.807, 2.05) is 42.5 Å². The average molecular weight is 346 g/mol. The van der Waals surface area contributed by atoms with Crippen LogP contribution in [0.2, 0.25) is 0 Å². The summed E-state index contributed by atoms with van der Waals surface area (Å²) in [6.07, 6.45) is 5.65. The highest BCUT2D eigenvalue weighted by Crippen LogP contribution is 2.40. The van der Waals surface area contributed by atoms with Crippen molar-refractivity contribution >= 4 is 28.4 Å². The quantitative estimate of drug-likeness (QED) is 0.743. The standard InChI is InChI=1S/C20H18N4O2/c25-19(23-12-13-6-9-21-10-7-13)15-11-16(15)20(26)24-17-5-1-3-14-4-2-8-22-18(14)17/h1-10,15-16H,11-12H2,(H,23,25)(H,24,26). The van der Waals surface area contributed by atoms with E-state index in [2.05, 4.69) is 20.6 Å². The number of nitrogens with zero attached hydrogens (tertiary/aromatic N) is 2. The van der Waals surface area contributed by atoms with Crippen molar-refractivity contribution in [3.05, 3.63) is 66.6 Å². The van der Waals surface area contributed by atoms with Crippen molar-refractivity contribution in [2.24, 2.45) is 11.8 Å². The first kappa shape index (κ1) is 16.2. The molecule has 4 rings (SSSR count). The fourth-order valence-corrected chi connectivity index (χ4v) is 3.03. The lowest BCUT2D eigenvalue weighted by molar-refractivity contribution is -0.125. The fourth-order valence-electron chi connectivity index (χ4n) is 3.03. The van der Waals surface area contributed by atoms with Crippen LogP contribution in [0.15, 0.2) is 61.1 Å². The van der Waals surface area contributed by atoms with Crippen LogP contribution in [0.4, 0.5) is 5.69 Å². The van der Waals surface area contributed by atoms with Gasteiger partial charge in [0, 0.05) is 30.5 Å². The van der Waals surface area contributed by atoms with Gasteiger partial charge >= 0.3 is 0 Å². The molecule has 0 bridgehead atoms. The Labute approximate surface area is 150 Å². The second-order valence-corrected chi connectivity index (χ2v) is 6.39. The molecule has 130 valence electrons. The molecule has 26 heavy (non-hydrogen) atoms. The number of fused-ring (bicyclic) bond motifs is 1. The molecule has 2 atom stereocenters. The maximum atomic E-state index is 12.5. The normalized spacial score (nSPS) is 18.3. The maximum absolute atomic E-state index is 12.5. The van der Waals surface area contributed by atoms with Crippen LogP contribution in [0.5, 0.6) is 0 Å². The molecule has 1 aromatic carbocycles. The molecule has 1 aliphatic rings. The Bertz CT molecular complexity index is 953. The molecule has 0 spiro atoms. The number of hydrogen-bond acceptors (Lipinski definition) is 4. The summed E-state index contributed by atoms with van der Waals surface area (Å²) in [6.45, 7) is 0.444. The van der Waals surface area contributed by atoms with Gasteiger partial charge in [0.15, 0.2) is 0 Å². The minimum absolute atomic E-state index is 0.0852. The second-order valence-electron chi connectivity index (χ2n) is 6.39. The largest absolute Gasteiger partial charge is 0.352 e. The van der Waals surface area contributed by atoms with Gasteiger partial charge in [-0.25, -0.2) is 0 Å². The summed E-state index contributed by atoms with van der Waals surface area (Å²) in [5.41, 5.74) is 2.41. The second kappa shape index (κ2) is 6.92. The Kier molecular flexibility index (Phi) is 4.31. The van der Waals surface area contributed by atoms with E-state index in [1.54, 1.807) is 18.6 Å². The van der Waals surface area contributed by atoms with Crippen LogP contribution >= 0.6 is 0 Å². The van der Waals surface area contributed by atoms with E-state index >= 15 is 0 Å². The SMILES string of the molecule is O=C(NCc1ccncc1)C1CC1C(=O)Nc1cccc2cccnc12. The summed E-state index contributed by atoms with van der Waals surface area (Å²) in [7, 11) is 0. The van der Waals surface area contributed by atoms with E-state index in [4.69, 9.17) is 0 Å². The first-order chi connectivity index (χ1) is 12.7. The maximum Gasteiger partial charge on any atom is 0.228 e. The van der Waals surface area contributed by atoms with E-state index in [-0.39, 0.29) is 23.7 Å². The number of pyridine rings is 2. The van der Waals surface area contributed by atoms with Crippen molar-refractivity contribution in [3.63, 3.8) is 0 Å². The molecule has 3 aromatic rings. The van der Waals surface area contributed by atoms with Gasteiger partial charge < -0.3 is 10.6 Å². The molecule has 2 amide bonds. The molecular weight excluding hydrogens is 328 g/mol. The summed E-state index contributed by atoms with van der Waals surface area (Å²) < 4.78 is 0. The molecule has 2 aromatic heterocycles. The van der Waals surface area contributed by atoms with Crippen molar-refractivity contribution in [3.8, 4) is 0 Å². The summed E-state index contributed by atoms with van der Waals surface area (Å²) in [5, 5.41) is 6.76. The van der Waals surface area contributed by atoms with Crippen molar-refractivity contribution in [2.45, 2.75) is 13.0 Å². The lowest BCUT2D eigenvalue weighted by Gasteiger charge is -2.08. The number of amides is 2. The van der Waals surface area contributed by atoms with Gasteiger partial charge in [0.05, 0.1) is 23.0 Å². The number of para-hydroxylation sites is 1. The monoisotopic (exact) mass is 346 g/mol. The van der Waals surface area contributed by atoms with E-state index < -0.39 is 0 Å². The van der Waals surface area contributed by atoms with Gasteiger partial charge in [0.1, 0.15) is 0 Å². The molecule has 6 heteroatoms. The number of anilines is 1. The highest BCUT2D eigenvalue weighted by Gasteiger charge is 2.48. The fraction of sp³-hybridized carbons (Fsp3) is 0.200. The highest BCUT2D eigenvalue weighted by molar-refractivity contribution is 6.04. The van der Waals surface area contributed by atoms with Crippen LogP contribution in [0.1, 0.15) is 12.0 Å². The van der Waals surface area contributed by atoms with Crippen LogP contribution in [0, 0.1) is 11.8 Å². The third-order valence-corrected chi connectivity index (χ3v) is 4.57. The summed E-state index contributed by atoms with van der Waals surface area (Å²) in [4.78, 5) is 33.0. The van der Waals surface area contributed by atoms with E-state index in [9.17, 15) is 9.59 Å². The minimum atomic E-state index is -0.286. The van der Waals surface area contributed by atoms with Gasteiger partial charge in [-0.3, -0.25) is 19.6 Å². The third kappa shape index (κ3) is 3.39. The number of carbonyl (C=O) groups excluding carboxylic acids is 2. The number of rotatable bonds is 5. The molecule has 6 nitrogen and oxygen atoms in total. The molecule has 0 saturated heterocycles. The Balaban J connectivity index is 1.36. The minimum Gasteiger partial charge on any atom is -0.352 e. The Morgan fingerprint density at radius 3 is 2.58 bits per heavy atom. The van der Waals surface area contributed by atoms with Gasteiger partial charge in [-0.2, -0.15) is 0 Å². The molecule has 2 heterocycles. The number of benzene rings is 1. The Morgan fingerprint density at radius 1 is 0.962 bits per heavy atom. The van der Waals surface area contributed by atoms with Crippen LogP contribution in [0.25, 0.3) is 10.9 Å². The summed E-state index contributed by atoms with van der Waals surface area (Å²) in [5.74, 6) is -0.767. The molecule has 1 fully saturated rings. The summed E-state index contributed by atoms with van der Waals surface area (Å²) in [6, 6.07) is 13.2. The van der Waals surface area contributed by atoms with Crippen molar-refractivity contribution in [1.82, 2.24) is 15.3 Å². The van der Waals surface area contributed by atoms with Crippen LogP contribution in [-0.4, -0.2) is 21.8 Å². The number of hydrogen-bond donors (Lipinski definition) is 2. The predicted octanol–water partition coefficient (Wildman–Crippen LogP) is 2.52. The topological polar surface area (TPSA) is 84.0 Å². The van der Waals surface area contributed by atoms with E-state index in [0.717, 1.165) is 16.5 Å². The molecule has 1 aliphatic carbocycles. The lowest BCUT2D eigenvalue weighted by Crippen LogP contribution is -2.27. The van der Waals surface area contributed by atoms with Gasteiger partial charge in [-0.05, 0) is 36.2 Å². The number of nitrogens with one attached hydrogen (secondary N) is 2. The molecule has 2 N–H and O–H groups in total. The summed E-state index contributed by atoms with van der Waals surface area (Å²) >= 11 is 0. The van der Waals surface area contributed by atoms with Crippen molar-refractivity contribution < 1.29 is 9.59 Å². The van der Waals surface area contributed by atoms with Crippen molar-refractivity contribution in [1.29, 1.82) is 0 Å². The molecule has 0 aliphatic heterocycles. The Morgan fingerprint density at radius 2 is 1.73 bits per heavy atom. The van der Waals surface area contributed by atoms with Gasteiger partial charge in [-0.1, -0.05) is 18.2 Å². The zero-order valence-corrected chi connectivity index (χ0v) is 14.1. The Hall–Kier alpha value is -3.28. The van der Waals surface area contributed by atoms with Crippen LogP contribution in [-0.2, 0) is 16.1 Å². The first-order valence-corrected chi connectivity index (χ1v) is 8.53. The van der Waals surface area contributed by atoms with Crippen molar-refractivity contribution in [2.75, 3.05) is 5.32 Å².